The minimum atomic E-state index is 0.554. The topological polar surface area (TPSA) is 63.3 Å². The van der Waals surface area contributed by atoms with Crippen LogP contribution in [0.1, 0.15) is 26.2 Å². The van der Waals surface area contributed by atoms with Crippen LogP contribution in [0.15, 0.2) is 15.8 Å². The quantitative estimate of drug-likeness (QED) is 0.886. The fourth-order valence-electron chi connectivity index (χ4n) is 1.71. The highest BCUT2D eigenvalue weighted by Gasteiger charge is 2.19. The molecule has 0 aromatic carbocycles. The van der Waals surface area contributed by atoms with Crippen LogP contribution < -0.4 is 5.32 Å². The molecule has 0 bridgehead atoms. The molecule has 5 nitrogen and oxygen atoms in total. The van der Waals surface area contributed by atoms with Crippen LogP contribution in [0.3, 0.4) is 0 Å². The minimum Gasteiger partial charge on any atom is -0.362 e. The van der Waals surface area contributed by atoms with E-state index >= 15 is 0 Å². The number of aliphatic imine (C=N–C) groups is 1. The lowest BCUT2D eigenvalue weighted by Gasteiger charge is -2.28. The lowest BCUT2D eigenvalue weighted by molar-refractivity contribution is 0.379. The van der Waals surface area contributed by atoms with Gasteiger partial charge < -0.3 is 9.84 Å². The third-order valence-electron chi connectivity index (χ3n) is 2.77. The summed E-state index contributed by atoms with van der Waals surface area (Å²) in [7, 11) is 0. The van der Waals surface area contributed by atoms with Gasteiger partial charge in [0.05, 0.1) is 6.54 Å². The highest BCUT2D eigenvalue weighted by Crippen LogP contribution is 2.18. The molecule has 2 rings (SSSR count). The van der Waals surface area contributed by atoms with Crippen molar-refractivity contribution in [1.29, 1.82) is 0 Å². The zero-order chi connectivity index (χ0) is 12.1. The van der Waals surface area contributed by atoms with Crippen LogP contribution in [-0.2, 0) is 6.42 Å². The fraction of sp³-hybridized carbons (Fsp3) is 0.727. The maximum absolute atomic E-state index is 4.92. The predicted octanol–water partition coefficient (Wildman–Crippen LogP) is 1.72. The van der Waals surface area contributed by atoms with E-state index in [0.29, 0.717) is 30.8 Å². The number of hydrogen-bond donors (Lipinski definition) is 1. The van der Waals surface area contributed by atoms with E-state index in [2.05, 4.69) is 34.3 Å². The monoisotopic (exact) mass is 254 g/mol. The summed E-state index contributed by atoms with van der Waals surface area (Å²) in [5.74, 6) is 2.45. The number of nitrogens with one attached hydrogen (secondary N) is 1. The molecule has 0 saturated carbocycles. The normalized spacial score (nSPS) is 23.0. The first kappa shape index (κ1) is 12.4. The first-order valence-electron chi connectivity index (χ1n) is 5.95. The van der Waals surface area contributed by atoms with Gasteiger partial charge in [-0.25, -0.2) is 0 Å². The van der Waals surface area contributed by atoms with Crippen LogP contribution in [0.5, 0.6) is 0 Å². The van der Waals surface area contributed by atoms with E-state index in [-0.39, 0.29) is 0 Å². The lowest BCUT2D eigenvalue weighted by atomic mass is 10.0. The number of hydrogen-bond acceptors (Lipinski definition) is 5. The number of nitrogens with zero attached hydrogens (tertiary/aromatic N) is 3. The average molecular weight is 254 g/mol. The van der Waals surface area contributed by atoms with Crippen molar-refractivity contribution in [2.24, 2.45) is 10.9 Å². The van der Waals surface area contributed by atoms with Gasteiger partial charge in [-0.2, -0.15) is 4.98 Å². The number of rotatable bonds is 4. The molecule has 6 heteroatoms. The molecule has 1 aliphatic heterocycles. The molecule has 0 amide bonds. The summed E-state index contributed by atoms with van der Waals surface area (Å²) in [5.41, 5.74) is 0. The van der Waals surface area contributed by atoms with Gasteiger partial charge in [-0.05, 0) is 12.3 Å². The summed E-state index contributed by atoms with van der Waals surface area (Å²) >= 11 is 1.79. The van der Waals surface area contributed by atoms with Crippen molar-refractivity contribution >= 4 is 16.9 Å². The Bertz CT molecular complexity index is 364. The van der Waals surface area contributed by atoms with Gasteiger partial charge in [0.1, 0.15) is 0 Å². The summed E-state index contributed by atoms with van der Waals surface area (Å²) < 4.78 is 4.92. The third kappa shape index (κ3) is 3.73. The molecule has 1 saturated heterocycles. The Morgan fingerprint density at radius 1 is 1.65 bits per heavy atom. The van der Waals surface area contributed by atoms with Crippen LogP contribution in [0.2, 0.25) is 0 Å². The van der Waals surface area contributed by atoms with Crippen molar-refractivity contribution in [3.8, 4) is 0 Å². The Morgan fingerprint density at radius 2 is 2.53 bits per heavy atom. The number of amidine groups is 1. The molecular weight excluding hydrogens is 236 g/mol. The van der Waals surface area contributed by atoms with Crippen molar-refractivity contribution in [2.75, 3.05) is 12.3 Å². The van der Waals surface area contributed by atoms with Crippen molar-refractivity contribution in [1.82, 2.24) is 15.5 Å². The van der Waals surface area contributed by atoms with Crippen molar-refractivity contribution < 1.29 is 4.52 Å². The van der Waals surface area contributed by atoms with Gasteiger partial charge in [-0.3, -0.25) is 4.99 Å². The number of thioether (sulfide) groups is 1. The molecule has 1 N–H and O–H groups in total. The van der Waals surface area contributed by atoms with Crippen molar-refractivity contribution in [3.05, 3.63) is 12.2 Å². The maximum Gasteiger partial charge on any atom is 0.228 e. The summed E-state index contributed by atoms with van der Waals surface area (Å²) in [5, 5.41) is 8.10. The standard InChI is InChI=1S/C11H18N4OS/c1-8(2)9-4-6-17-11(15-9)12-5-3-10-13-7-14-16-10/h7-9H,3-6H2,1-2H3,(H,12,15). The fourth-order valence-corrected chi connectivity index (χ4v) is 2.69. The smallest absolute Gasteiger partial charge is 0.228 e. The Labute approximate surface area is 105 Å². The summed E-state index contributed by atoms with van der Waals surface area (Å²) in [6.45, 7) is 5.18. The number of aromatic nitrogens is 2. The second-order valence-corrected chi connectivity index (χ2v) is 5.49. The van der Waals surface area contributed by atoms with Gasteiger partial charge >= 0.3 is 0 Å². The van der Waals surface area contributed by atoms with E-state index < -0.39 is 0 Å². The summed E-state index contributed by atoms with van der Waals surface area (Å²) in [6, 6.07) is 0.554. The highest BCUT2D eigenvalue weighted by atomic mass is 32.2. The zero-order valence-electron chi connectivity index (χ0n) is 10.2. The van der Waals surface area contributed by atoms with Gasteiger partial charge in [0.2, 0.25) is 5.89 Å². The van der Waals surface area contributed by atoms with E-state index in [1.54, 1.807) is 11.8 Å². The molecule has 1 aliphatic rings. The van der Waals surface area contributed by atoms with Crippen molar-refractivity contribution in [3.63, 3.8) is 0 Å². The van der Waals surface area contributed by atoms with Crippen LogP contribution >= 0.6 is 11.8 Å². The Balaban J connectivity index is 1.80. The zero-order valence-corrected chi connectivity index (χ0v) is 11.0. The first-order chi connectivity index (χ1) is 8.25. The molecule has 0 aliphatic carbocycles. The van der Waals surface area contributed by atoms with Gasteiger partial charge in [0.15, 0.2) is 11.5 Å². The van der Waals surface area contributed by atoms with Crippen LogP contribution in [0.4, 0.5) is 0 Å². The largest absolute Gasteiger partial charge is 0.362 e. The van der Waals surface area contributed by atoms with Gasteiger partial charge in [0, 0.05) is 18.2 Å². The van der Waals surface area contributed by atoms with Gasteiger partial charge in [-0.15, -0.1) is 0 Å². The molecule has 1 fully saturated rings. The molecule has 1 atom stereocenters. The Morgan fingerprint density at radius 3 is 3.24 bits per heavy atom. The summed E-state index contributed by atoms with van der Waals surface area (Å²) in [4.78, 5) is 8.50. The van der Waals surface area contributed by atoms with Crippen molar-refractivity contribution in [2.45, 2.75) is 32.7 Å². The first-order valence-corrected chi connectivity index (χ1v) is 6.93. The Hall–Kier alpha value is -1.04. The molecular formula is C11H18N4OS. The lowest BCUT2D eigenvalue weighted by Crippen LogP contribution is -2.41. The van der Waals surface area contributed by atoms with Crippen LogP contribution in [-0.4, -0.2) is 33.6 Å². The molecule has 0 spiro atoms. The van der Waals surface area contributed by atoms with Crippen LogP contribution in [0.25, 0.3) is 0 Å². The minimum absolute atomic E-state index is 0.554. The average Bonchev–Trinajstić information content (AvgIpc) is 2.82. The molecule has 94 valence electrons. The van der Waals surface area contributed by atoms with E-state index in [9.17, 15) is 0 Å². The molecule has 1 unspecified atom stereocenters. The van der Waals surface area contributed by atoms with E-state index in [1.807, 2.05) is 0 Å². The SMILES string of the molecule is CC(C)C1CCSC(=NCCc2ncno2)N1. The predicted molar refractivity (Wildman–Crippen MR) is 69.1 cm³/mol. The van der Waals surface area contributed by atoms with E-state index in [1.165, 1.54) is 12.7 Å². The molecule has 2 heterocycles. The second kappa shape index (κ2) is 6.05. The van der Waals surface area contributed by atoms with Gasteiger partial charge in [-0.1, -0.05) is 30.8 Å². The van der Waals surface area contributed by atoms with E-state index in [4.69, 9.17) is 4.52 Å². The van der Waals surface area contributed by atoms with E-state index in [0.717, 1.165) is 10.9 Å². The Kier molecular flexibility index (Phi) is 4.42. The highest BCUT2D eigenvalue weighted by molar-refractivity contribution is 8.13. The van der Waals surface area contributed by atoms with Crippen LogP contribution in [0, 0.1) is 5.92 Å². The van der Waals surface area contributed by atoms with Gasteiger partial charge in [0.25, 0.3) is 0 Å². The summed E-state index contributed by atoms with van der Waals surface area (Å²) in [6.07, 6.45) is 3.34. The molecule has 1 aromatic heterocycles. The maximum atomic E-state index is 4.92. The molecule has 0 radical (unpaired) electrons. The molecule has 1 aromatic rings. The molecule has 17 heavy (non-hydrogen) atoms. The third-order valence-corrected chi connectivity index (χ3v) is 3.73. The second-order valence-electron chi connectivity index (χ2n) is 4.40.